The second-order valence-corrected chi connectivity index (χ2v) is 6.10. The van der Waals surface area contributed by atoms with Crippen LogP contribution in [0.4, 0.5) is 0 Å². The van der Waals surface area contributed by atoms with Crippen LogP contribution in [0, 0.1) is 0 Å². The number of sulfonamides is 1. The van der Waals surface area contributed by atoms with Gasteiger partial charge in [-0.2, -0.15) is 0 Å². The Morgan fingerprint density at radius 2 is 2.15 bits per heavy atom. The minimum absolute atomic E-state index is 0.122. The Kier molecular flexibility index (Phi) is 2.13. The lowest BCUT2D eigenvalue weighted by atomic mass is 9.84. The highest BCUT2D eigenvalue weighted by molar-refractivity contribution is 7.89. The maximum Gasteiger partial charge on any atom is 0.212 e. The van der Waals surface area contributed by atoms with Crippen LogP contribution in [0.5, 0.6) is 0 Å². The van der Waals surface area contributed by atoms with Crippen LogP contribution in [0.1, 0.15) is 26.2 Å². The molecule has 2 saturated heterocycles. The van der Waals surface area contributed by atoms with E-state index >= 15 is 0 Å². The average molecular weight is 204 g/mol. The van der Waals surface area contributed by atoms with E-state index in [4.69, 9.17) is 0 Å². The molecule has 0 bridgehead atoms. The molecule has 0 aliphatic carbocycles. The monoisotopic (exact) mass is 204 g/mol. The molecule has 2 aliphatic heterocycles. The average Bonchev–Trinajstić information content (AvgIpc) is 2.26. The van der Waals surface area contributed by atoms with Gasteiger partial charge in [-0.3, -0.25) is 0 Å². The van der Waals surface area contributed by atoms with Crippen molar-refractivity contribution in [3.63, 3.8) is 0 Å². The summed E-state index contributed by atoms with van der Waals surface area (Å²) in [5.74, 6) is 0.305. The number of hydrogen-bond acceptors (Lipinski definition) is 3. The van der Waals surface area contributed by atoms with E-state index in [9.17, 15) is 8.42 Å². The van der Waals surface area contributed by atoms with Crippen LogP contribution in [0.25, 0.3) is 0 Å². The summed E-state index contributed by atoms with van der Waals surface area (Å²) < 4.78 is 25.4. The molecule has 0 aromatic heterocycles. The lowest BCUT2D eigenvalue weighted by molar-refractivity contribution is 0.249. The van der Waals surface area contributed by atoms with E-state index in [0.29, 0.717) is 11.8 Å². The van der Waals surface area contributed by atoms with Gasteiger partial charge in [0.25, 0.3) is 0 Å². The van der Waals surface area contributed by atoms with Crippen LogP contribution >= 0.6 is 0 Å². The molecule has 0 aromatic rings. The van der Waals surface area contributed by atoms with Crippen molar-refractivity contribution in [1.82, 2.24) is 10.0 Å². The fourth-order valence-electron chi connectivity index (χ4n) is 2.40. The van der Waals surface area contributed by atoms with E-state index in [2.05, 4.69) is 17.0 Å². The molecular formula is C8H16N2O2S. The van der Waals surface area contributed by atoms with Crippen LogP contribution in [0.3, 0.4) is 0 Å². The van der Waals surface area contributed by atoms with Crippen molar-refractivity contribution in [2.45, 2.75) is 37.8 Å². The Balaban J connectivity index is 2.14. The normalized spacial score (nSPS) is 43.9. The molecular weight excluding hydrogens is 188 g/mol. The molecule has 0 amide bonds. The topological polar surface area (TPSA) is 58.2 Å². The quantitative estimate of drug-likeness (QED) is 0.575. The van der Waals surface area contributed by atoms with Crippen LogP contribution in [-0.2, 0) is 10.0 Å². The van der Waals surface area contributed by atoms with Crippen molar-refractivity contribution in [3.8, 4) is 0 Å². The summed E-state index contributed by atoms with van der Waals surface area (Å²) in [6, 6.07) is 0.426. The van der Waals surface area contributed by atoms with Gasteiger partial charge in [0.2, 0.25) is 10.0 Å². The number of piperidine rings is 1. The third-order valence-electron chi connectivity index (χ3n) is 3.01. The van der Waals surface area contributed by atoms with Gasteiger partial charge in [-0.15, -0.1) is 0 Å². The molecule has 4 nitrogen and oxygen atoms in total. The second kappa shape index (κ2) is 2.93. The van der Waals surface area contributed by atoms with Gasteiger partial charge < -0.3 is 5.32 Å². The van der Waals surface area contributed by atoms with Crippen molar-refractivity contribution >= 4 is 10.0 Å². The molecule has 0 saturated carbocycles. The zero-order chi connectivity index (χ0) is 9.53. The lowest BCUT2D eigenvalue weighted by Crippen LogP contribution is -2.52. The Morgan fingerprint density at radius 1 is 1.38 bits per heavy atom. The number of nitrogens with one attached hydrogen (secondary N) is 2. The molecule has 2 atom stereocenters. The molecule has 0 aromatic carbocycles. The van der Waals surface area contributed by atoms with Crippen molar-refractivity contribution in [2.24, 2.45) is 0 Å². The summed E-state index contributed by atoms with van der Waals surface area (Å²) in [5.41, 5.74) is -0.122. The maximum atomic E-state index is 11.3. The van der Waals surface area contributed by atoms with Gasteiger partial charge in [0.15, 0.2) is 0 Å². The maximum absolute atomic E-state index is 11.3. The van der Waals surface area contributed by atoms with Gasteiger partial charge in [0.05, 0.1) is 5.75 Å². The van der Waals surface area contributed by atoms with Crippen LogP contribution in [0.15, 0.2) is 0 Å². The van der Waals surface area contributed by atoms with E-state index in [-0.39, 0.29) is 5.54 Å². The molecule has 2 N–H and O–H groups in total. The molecule has 2 heterocycles. The van der Waals surface area contributed by atoms with Crippen molar-refractivity contribution in [2.75, 3.05) is 12.3 Å². The SMILES string of the molecule is C[C@H]1C[C@]2(CCN1)CCS(=O)(=O)N2. The van der Waals surface area contributed by atoms with E-state index in [0.717, 1.165) is 25.8 Å². The standard InChI is InChI=1S/C8H16N2O2S/c1-7-6-8(2-4-9-7)3-5-13(11,12)10-8/h7,9-10H,2-6H2,1H3/t7-,8-/m0/s1. The van der Waals surface area contributed by atoms with Gasteiger partial charge in [-0.25, -0.2) is 13.1 Å². The van der Waals surface area contributed by atoms with E-state index in [1.54, 1.807) is 0 Å². The first kappa shape index (κ1) is 9.43. The molecule has 2 aliphatic rings. The van der Waals surface area contributed by atoms with Gasteiger partial charge >= 0.3 is 0 Å². The summed E-state index contributed by atoms with van der Waals surface area (Å²) in [5, 5.41) is 3.33. The highest BCUT2D eigenvalue weighted by Crippen LogP contribution is 2.31. The highest BCUT2D eigenvalue weighted by Gasteiger charge is 2.43. The Bertz CT molecular complexity index is 301. The second-order valence-electron chi connectivity index (χ2n) is 4.26. The molecule has 1 spiro atoms. The molecule has 76 valence electrons. The van der Waals surface area contributed by atoms with Crippen LogP contribution < -0.4 is 10.0 Å². The third kappa shape index (κ3) is 1.87. The fourth-order valence-corrected chi connectivity index (χ4v) is 4.11. The summed E-state index contributed by atoms with van der Waals surface area (Å²) in [4.78, 5) is 0. The first-order valence-electron chi connectivity index (χ1n) is 4.76. The predicted octanol–water partition coefficient (Wildman–Crippen LogP) is -0.180. The number of hydrogen-bond donors (Lipinski definition) is 2. The highest BCUT2D eigenvalue weighted by atomic mass is 32.2. The molecule has 0 radical (unpaired) electrons. The first-order valence-corrected chi connectivity index (χ1v) is 6.42. The first-order chi connectivity index (χ1) is 6.02. The summed E-state index contributed by atoms with van der Waals surface area (Å²) >= 11 is 0. The number of rotatable bonds is 0. The minimum Gasteiger partial charge on any atom is -0.314 e. The van der Waals surface area contributed by atoms with Gasteiger partial charge in [0.1, 0.15) is 0 Å². The Hall–Kier alpha value is -0.130. The molecule has 5 heteroatoms. The molecule has 13 heavy (non-hydrogen) atoms. The molecule has 2 rings (SSSR count). The van der Waals surface area contributed by atoms with Crippen molar-refractivity contribution < 1.29 is 8.42 Å². The van der Waals surface area contributed by atoms with Crippen molar-refractivity contribution in [1.29, 1.82) is 0 Å². The minimum atomic E-state index is -2.96. The fraction of sp³-hybridized carbons (Fsp3) is 1.00. The van der Waals surface area contributed by atoms with Crippen LogP contribution in [-0.4, -0.2) is 32.3 Å². The third-order valence-corrected chi connectivity index (χ3v) is 4.50. The smallest absolute Gasteiger partial charge is 0.212 e. The predicted molar refractivity (Wildman–Crippen MR) is 51.0 cm³/mol. The molecule has 2 fully saturated rings. The molecule has 0 unspecified atom stereocenters. The van der Waals surface area contributed by atoms with Crippen LogP contribution in [0.2, 0.25) is 0 Å². The van der Waals surface area contributed by atoms with E-state index in [1.165, 1.54) is 0 Å². The zero-order valence-electron chi connectivity index (χ0n) is 7.84. The van der Waals surface area contributed by atoms with E-state index < -0.39 is 10.0 Å². The summed E-state index contributed by atoms with van der Waals surface area (Å²) in [6.45, 7) is 3.03. The summed E-state index contributed by atoms with van der Waals surface area (Å²) in [7, 11) is -2.96. The van der Waals surface area contributed by atoms with Crippen molar-refractivity contribution in [3.05, 3.63) is 0 Å². The van der Waals surface area contributed by atoms with Gasteiger partial charge in [-0.1, -0.05) is 0 Å². The Morgan fingerprint density at radius 3 is 2.69 bits per heavy atom. The largest absolute Gasteiger partial charge is 0.314 e. The lowest BCUT2D eigenvalue weighted by Gasteiger charge is -2.36. The van der Waals surface area contributed by atoms with E-state index in [1.807, 2.05) is 0 Å². The van der Waals surface area contributed by atoms with Gasteiger partial charge in [0, 0.05) is 11.6 Å². The summed E-state index contributed by atoms with van der Waals surface area (Å²) in [6.07, 6.45) is 2.63. The zero-order valence-corrected chi connectivity index (χ0v) is 8.65. The Labute approximate surface area is 79.1 Å². The van der Waals surface area contributed by atoms with Gasteiger partial charge in [-0.05, 0) is 32.7 Å².